The summed E-state index contributed by atoms with van der Waals surface area (Å²) in [6.45, 7) is 0. The van der Waals surface area contributed by atoms with E-state index in [1.54, 1.807) is 53.4 Å². The first-order chi connectivity index (χ1) is 11.7. The Bertz CT molecular complexity index is 993. The van der Waals surface area contributed by atoms with Crippen molar-refractivity contribution < 1.29 is 14.4 Å². The quantitative estimate of drug-likeness (QED) is 0.611. The zero-order valence-electron chi connectivity index (χ0n) is 12.3. The summed E-state index contributed by atoms with van der Waals surface area (Å²) < 4.78 is 0. The molecule has 5 nitrogen and oxygen atoms in total. The molecule has 6 heteroatoms. The number of ketones is 2. The highest BCUT2D eigenvalue weighted by Gasteiger charge is 2.31. The van der Waals surface area contributed by atoms with E-state index in [0.29, 0.717) is 22.4 Å². The SMILES string of the molecule is O=C(Nc1cccc2c1C(=O)c1ccccc1C2=O)c1cscn1. The molecule has 116 valence electrons. The van der Waals surface area contributed by atoms with Crippen molar-refractivity contribution in [2.45, 2.75) is 0 Å². The molecule has 1 aliphatic carbocycles. The number of nitrogens with zero attached hydrogens (tertiary/aromatic N) is 1. The number of carbonyl (C=O) groups excluding carboxylic acids is 3. The van der Waals surface area contributed by atoms with E-state index in [1.807, 2.05) is 0 Å². The summed E-state index contributed by atoms with van der Waals surface area (Å²) in [4.78, 5) is 41.7. The number of hydrogen-bond acceptors (Lipinski definition) is 5. The van der Waals surface area contributed by atoms with Crippen LogP contribution in [0.1, 0.15) is 42.3 Å². The molecule has 24 heavy (non-hydrogen) atoms. The van der Waals surface area contributed by atoms with Gasteiger partial charge in [0, 0.05) is 22.1 Å². The topological polar surface area (TPSA) is 76.1 Å². The van der Waals surface area contributed by atoms with Crippen molar-refractivity contribution >= 4 is 34.5 Å². The zero-order valence-corrected chi connectivity index (χ0v) is 13.1. The number of amides is 1. The lowest BCUT2D eigenvalue weighted by Crippen LogP contribution is -2.24. The normalized spacial score (nSPS) is 12.5. The van der Waals surface area contributed by atoms with Crippen molar-refractivity contribution in [1.82, 2.24) is 4.98 Å². The number of benzene rings is 2. The van der Waals surface area contributed by atoms with E-state index in [2.05, 4.69) is 10.3 Å². The third-order valence-corrected chi connectivity index (χ3v) is 4.45. The smallest absolute Gasteiger partial charge is 0.275 e. The van der Waals surface area contributed by atoms with Crippen LogP contribution in [0.3, 0.4) is 0 Å². The molecule has 0 bridgehead atoms. The van der Waals surface area contributed by atoms with E-state index in [0.717, 1.165) is 0 Å². The second-order valence-electron chi connectivity index (χ2n) is 5.26. The van der Waals surface area contributed by atoms with E-state index in [9.17, 15) is 14.4 Å². The van der Waals surface area contributed by atoms with Crippen LogP contribution < -0.4 is 5.32 Å². The maximum Gasteiger partial charge on any atom is 0.275 e. The molecule has 2 aromatic carbocycles. The third kappa shape index (κ3) is 2.16. The molecule has 0 saturated heterocycles. The molecule has 0 spiro atoms. The molecule has 1 aromatic heterocycles. The molecule has 1 heterocycles. The van der Waals surface area contributed by atoms with E-state index in [1.165, 1.54) is 11.3 Å². The van der Waals surface area contributed by atoms with E-state index in [-0.39, 0.29) is 22.8 Å². The number of carbonyl (C=O) groups is 3. The maximum atomic E-state index is 12.8. The highest BCUT2D eigenvalue weighted by atomic mass is 32.1. The first kappa shape index (κ1) is 14.5. The molecule has 4 rings (SSSR count). The van der Waals surface area contributed by atoms with Crippen LogP contribution in [0.15, 0.2) is 53.4 Å². The van der Waals surface area contributed by atoms with Gasteiger partial charge in [-0.1, -0.05) is 36.4 Å². The minimum atomic E-state index is -0.413. The standard InChI is InChI=1S/C18H10N2O3S/c21-16-10-4-1-2-5-11(10)17(22)15-12(16)6-3-7-13(15)20-18(23)14-8-24-9-19-14/h1-9H,(H,20,23). The monoisotopic (exact) mass is 334 g/mol. The molecule has 0 saturated carbocycles. The van der Waals surface area contributed by atoms with Crippen molar-refractivity contribution in [1.29, 1.82) is 0 Å². The number of nitrogens with one attached hydrogen (secondary N) is 1. The van der Waals surface area contributed by atoms with Gasteiger partial charge in [-0.15, -0.1) is 11.3 Å². The summed E-state index contributed by atoms with van der Waals surface area (Å²) in [5.41, 5.74) is 3.41. The van der Waals surface area contributed by atoms with Crippen molar-refractivity contribution in [3.05, 3.63) is 81.3 Å². The molecular formula is C18H10N2O3S. The maximum absolute atomic E-state index is 12.8. The first-order valence-corrected chi connectivity index (χ1v) is 8.12. The van der Waals surface area contributed by atoms with Gasteiger partial charge < -0.3 is 5.32 Å². The molecule has 3 aromatic rings. The average Bonchev–Trinajstić information content (AvgIpc) is 3.14. The van der Waals surface area contributed by atoms with Crippen LogP contribution in [0, 0.1) is 0 Å². The van der Waals surface area contributed by atoms with E-state index in [4.69, 9.17) is 0 Å². The van der Waals surface area contributed by atoms with Gasteiger partial charge >= 0.3 is 0 Å². The molecular weight excluding hydrogens is 324 g/mol. The van der Waals surface area contributed by atoms with Gasteiger partial charge in [-0.2, -0.15) is 0 Å². The predicted octanol–water partition coefficient (Wildman–Crippen LogP) is 3.17. The van der Waals surface area contributed by atoms with Crippen LogP contribution >= 0.6 is 11.3 Å². The molecule has 0 fully saturated rings. The fraction of sp³-hybridized carbons (Fsp3) is 0. The zero-order chi connectivity index (χ0) is 16.7. The van der Waals surface area contributed by atoms with Gasteiger partial charge in [0.25, 0.3) is 5.91 Å². The molecule has 1 aliphatic rings. The molecule has 1 N–H and O–H groups in total. The molecule has 1 amide bonds. The summed E-state index contributed by atoms with van der Waals surface area (Å²) in [5, 5.41) is 4.30. The summed E-state index contributed by atoms with van der Waals surface area (Å²) in [5.74, 6) is -0.900. The summed E-state index contributed by atoms with van der Waals surface area (Å²) in [6.07, 6.45) is 0. The van der Waals surface area contributed by atoms with E-state index < -0.39 is 5.91 Å². The largest absolute Gasteiger partial charge is 0.320 e. The van der Waals surface area contributed by atoms with Crippen molar-refractivity contribution in [3.8, 4) is 0 Å². The predicted molar refractivity (Wildman–Crippen MR) is 89.8 cm³/mol. The minimum Gasteiger partial charge on any atom is -0.320 e. The summed E-state index contributed by atoms with van der Waals surface area (Å²) >= 11 is 1.31. The number of thiazole rings is 1. The van der Waals surface area contributed by atoms with E-state index >= 15 is 0 Å². The highest BCUT2D eigenvalue weighted by molar-refractivity contribution is 7.07. The summed E-state index contributed by atoms with van der Waals surface area (Å²) in [7, 11) is 0. The van der Waals surface area contributed by atoms with Crippen LogP contribution in [0.5, 0.6) is 0 Å². The Labute approximate surface area is 141 Å². The number of hydrogen-bond donors (Lipinski definition) is 1. The number of aromatic nitrogens is 1. The molecule has 0 unspecified atom stereocenters. The Balaban J connectivity index is 1.81. The second kappa shape index (κ2) is 5.50. The van der Waals surface area contributed by atoms with Crippen LogP contribution in [-0.2, 0) is 0 Å². The van der Waals surface area contributed by atoms with Gasteiger partial charge in [-0.05, 0) is 6.07 Å². The van der Waals surface area contributed by atoms with Crippen LogP contribution in [0.2, 0.25) is 0 Å². The van der Waals surface area contributed by atoms with Gasteiger partial charge in [0.15, 0.2) is 11.6 Å². The fourth-order valence-electron chi connectivity index (χ4n) is 2.76. The number of anilines is 1. The van der Waals surface area contributed by atoms with Crippen molar-refractivity contribution in [3.63, 3.8) is 0 Å². The Kier molecular flexibility index (Phi) is 3.32. The third-order valence-electron chi connectivity index (χ3n) is 3.87. The molecule has 0 aliphatic heterocycles. The Morgan fingerprint density at radius 2 is 1.62 bits per heavy atom. The molecule has 0 atom stereocenters. The second-order valence-corrected chi connectivity index (χ2v) is 5.98. The first-order valence-electron chi connectivity index (χ1n) is 7.18. The summed E-state index contributed by atoms with van der Waals surface area (Å²) in [6, 6.07) is 11.6. The fourth-order valence-corrected chi connectivity index (χ4v) is 3.29. The van der Waals surface area contributed by atoms with Crippen molar-refractivity contribution in [2.75, 3.05) is 5.32 Å². The van der Waals surface area contributed by atoms with Gasteiger partial charge in [-0.25, -0.2) is 4.98 Å². The number of rotatable bonds is 2. The Hall–Kier alpha value is -3.12. The van der Waals surface area contributed by atoms with Gasteiger partial charge in [-0.3, -0.25) is 14.4 Å². The minimum absolute atomic E-state index is 0.218. The van der Waals surface area contributed by atoms with Gasteiger partial charge in [0.2, 0.25) is 0 Å². The highest BCUT2D eigenvalue weighted by Crippen LogP contribution is 2.32. The lowest BCUT2D eigenvalue weighted by molar-refractivity contribution is 0.0978. The van der Waals surface area contributed by atoms with Crippen molar-refractivity contribution in [2.24, 2.45) is 0 Å². The van der Waals surface area contributed by atoms with Gasteiger partial charge in [0.1, 0.15) is 5.69 Å². The number of fused-ring (bicyclic) bond motifs is 2. The Morgan fingerprint density at radius 1 is 0.917 bits per heavy atom. The van der Waals surface area contributed by atoms with Crippen LogP contribution in [0.25, 0.3) is 0 Å². The average molecular weight is 334 g/mol. The molecule has 0 radical (unpaired) electrons. The lowest BCUT2D eigenvalue weighted by atomic mass is 9.83. The Morgan fingerprint density at radius 3 is 2.33 bits per heavy atom. The van der Waals surface area contributed by atoms with Crippen LogP contribution in [-0.4, -0.2) is 22.5 Å². The van der Waals surface area contributed by atoms with Gasteiger partial charge in [0.05, 0.1) is 16.8 Å². The lowest BCUT2D eigenvalue weighted by Gasteiger charge is -2.20. The van der Waals surface area contributed by atoms with Crippen LogP contribution in [0.4, 0.5) is 5.69 Å².